The quantitative estimate of drug-likeness (QED) is 0.446. The van der Waals surface area contributed by atoms with Crippen LogP contribution in [0.25, 0.3) is 0 Å². The van der Waals surface area contributed by atoms with Crippen molar-refractivity contribution in [1.29, 1.82) is 0 Å². The average molecular weight is 258 g/mol. The van der Waals surface area contributed by atoms with Crippen molar-refractivity contribution in [3.63, 3.8) is 0 Å². The van der Waals surface area contributed by atoms with Gasteiger partial charge in [0.1, 0.15) is 0 Å². The van der Waals surface area contributed by atoms with E-state index >= 15 is 0 Å². The highest BCUT2D eigenvalue weighted by molar-refractivity contribution is 5.78. The van der Waals surface area contributed by atoms with Crippen molar-refractivity contribution in [2.75, 3.05) is 6.61 Å². The highest BCUT2D eigenvalue weighted by atomic mass is 16.6. The van der Waals surface area contributed by atoms with Crippen LogP contribution < -0.4 is 0 Å². The molecule has 0 aromatic carbocycles. The molecular weight excluding hydrogens is 232 g/mol. The van der Waals surface area contributed by atoms with Crippen molar-refractivity contribution in [3.8, 4) is 0 Å². The maximum Gasteiger partial charge on any atom is 0.347 e. The summed E-state index contributed by atoms with van der Waals surface area (Å²) in [6.07, 6.45) is 6.60. The first-order valence-corrected chi connectivity index (χ1v) is 6.95. The predicted molar refractivity (Wildman–Crippen MR) is 70.2 cm³/mol. The largest absolute Gasteiger partial charge is 0.463 e. The number of ether oxygens (including phenoxy) is 2. The second-order valence-corrected chi connectivity index (χ2v) is 4.44. The van der Waals surface area contributed by atoms with Gasteiger partial charge in [-0.3, -0.25) is 4.79 Å². The van der Waals surface area contributed by atoms with E-state index in [1.807, 2.05) is 0 Å². The fraction of sp³-hybridized carbons (Fsp3) is 0.857. The van der Waals surface area contributed by atoms with Crippen molar-refractivity contribution in [2.45, 2.75) is 71.8 Å². The first kappa shape index (κ1) is 16.9. The maximum absolute atomic E-state index is 11.5. The zero-order valence-electron chi connectivity index (χ0n) is 11.9. The van der Waals surface area contributed by atoms with Gasteiger partial charge >= 0.3 is 11.9 Å². The predicted octanol–water partition coefficient (Wildman–Crippen LogP) is 3.23. The first-order chi connectivity index (χ1) is 8.61. The lowest BCUT2D eigenvalue weighted by Crippen LogP contribution is -2.28. The van der Waals surface area contributed by atoms with Gasteiger partial charge in [-0.25, -0.2) is 4.79 Å². The molecule has 0 fully saturated rings. The molecule has 0 radical (unpaired) electrons. The number of hydrogen-bond acceptors (Lipinski definition) is 4. The van der Waals surface area contributed by atoms with E-state index in [-0.39, 0.29) is 0 Å². The van der Waals surface area contributed by atoms with E-state index in [0.29, 0.717) is 13.0 Å². The average Bonchev–Trinajstić information content (AvgIpc) is 2.34. The lowest BCUT2D eigenvalue weighted by Gasteiger charge is -2.13. The monoisotopic (exact) mass is 258 g/mol. The van der Waals surface area contributed by atoms with E-state index in [1.54, 1.807) is 6.92 Å². The SMILES string of the molecule is CCCCCCCCOC(=O)[C@H](CC)OC(C)=O. The highest BCUT2D eigenvalue weighted by Gasteiger charge is 2.20. The molecule has 4 nitrogen and oxygen atoms in total. The van der Waals surface area contributed by atoms with Crippen LogP contribution in [0, 0.1) is 0 Å². The third kappa shape index (κ3) is 9.02. The smallest absolute Gasteiger partial charge is 0.347 e. The molecule has 0 bridgehead atoms. The molecular formula is C14H26O4. The number of esters is 2. The van der Waals surface area contributed by atoms with Crippen LogP contribution in [0.2, 0.25) is 0 Å². The third-order valence-corrected chi connectivity index (χ3v) is 2.68. The molecule has 0 saturated heterocycles. The van der Waals surface area contributed by atoms with Gasteiger partial charge in [0.25, 0.3) is 0 Å². The number of rotatable bonds is 10. The van der Waals surface area contributed by atoms with Gasteiger partial charge in [-0.05, 0) is 12.8 Å². The lowest BCUT2D eigenvalue weighted by molar-refractivity contribution is -0.166. The topological polar surface area (TPSA) is 52.6 Å². The van der Waals surface area contributed by atoms with Gasteiger partial charge < -0.3 is 9.47 Å². The summed E-state index contributed by atoms with van der Waals surface area (Å²) < 4.78 is 9.94. The maximum atomic E-state index is 11.5. The van der Waals surface area contributed by atoms with E-state index in [0.717, 1.165) is 12.8 Å². The number of carbonyl (C=O) groups is 2. The van der Waals surface area contributed by atoms with Crippen LogP contribution >= 0.6 is 0 Å². The summed E-state index contributed by atoms with van der Waals surface area (Å²) in [5, 5.41) is 0. The Kier molecular flexibility index (Phi) is 10.4. The minimum Gasteiger partial charge on any atom is -0.463 e. The molecule has 0 amide bonds. The molecule has 0 saturated carbocycles. The van der Waals surface area contributed by atoms with Crippen molar-refractivity contribution < 1.29 is 19.1 Å². The molecule has 0 heterocycles. The molecule has 4 heteroatoms. The highest BCUT2D eigenvalue weighted by Crippen LogP contribution is 2.06. The zero-order chi connectivity index (χ0) is 13.8. The van der Waals surface area contributed by atoms with Crippen LogP contribution in [0.5, 0.6) is 0 Å². The summed E-state index contributed by atoms with van der Waals surface area (Å²) in [4.78, 5) is 22.3. The lowest BCUT2D eigenvalue weighted by atomic mass is 10.1. The molecule has 0 N–H and O–H groups in total. The summed E-state index contributed by atoms with van der Waals surface area (Å²) in [7, 11) is 0. The zero-order valence-corrected chi connectivity index (χ0v) is 11.9. The first-order valence-electron chi connectivity index (χ1n) is 6.95. The Balaban J connectivity index is 3.59. The van der Waals surface area contributed by atoms with Gasteiger partial charge in [0.2, 0.25) is 0 Å². The van der Waals surface area contributed by atoms with E-state index in [2.05, 4.69) is 6.92 Å². The molecule has 0 aromatic rings. The summed E-state index contributed by atoms with van der Waals surface area (Å²) in [6.45, 7) is 5.69. The Bertz CT molecular complexity index is 238. The van der Waals surface area contributed by atoms with Crippen molar-refractivity contribution in [1.82, 2.24) is 0 Å². The van der Waals surface area contributed by atoms with Crippen LogP contribution in [-0.4, -0.2) is 24.6 Å². The van der Waals surface area contributed by atoms with Gasteiger partial charge in [0.05, 0.1) is 6.61 Å². The summed E-state index contributed by atoms with van der Waals surface area (Å²) in [5.74, 6) is -0.875. The van der Waals surface area contributed by atoms with Gasteiger partial charge in [-0.1, -0.05) is 46.0 Å². The van der Waals surface area contributed by atoms with E-state index in [4.69, 9.17) is 9.47 Å². The van der Waals surface area contributed by atoms with Gasteiger partial charge in [0, 0.05) is 6.92 Å². The molecule has 0 rings (SSSR count). The molecule has 1 atom stereocenters. The Morgan fingerprint density at radius 3 is 2.17 bits per heavy atom. The molecule has 0 aliphatic rings. The fourth-order valence-electron chi connectivity index (χ4n) is 1.65. The molecule has 0 aliphatic carbocycles. The van der Waals surface area contributed by atoms with Crippen molar-refractivity contribution >= 4 is 11.9 Å². The van der Waals surface area contributed by atoms with E-state index in [1.165, 1.54) is 32.6 Å². The van der Waals surface area contributed by atoms with Crippen molar-refractivity contribution in [2.24, 2.45) is 0 Å². The Labute approximate surface area is 110 Å². The second-order valence-electron chi connectivity index (χ2n) is 4.44. The third-order valence-electron chi connectivity index (χ3n) is 2.68. The van der Waals surface area contributed by atoms with Crippen LogP contribution in [-0.2, 0) is 19.1 Å². The number of carbonyl (C=O) groups excluding carboxylic acids is 2. The second kappa shape index (κ2) is 11.1. The minimum absolute atomic E-state index is 0.419. The number of hydrogen-bond donors (Lipinski definition) is 0. The molecule has 18 heavy (non-hydrogen) atoms. The Hall–Kier alpha value is -1.06. The van der Waals surface area contributed by atoms with Crippen LogP contribution in [0.4, 0.5) is 0 Å². The molecule has 0 aliphatic heterocycles. The Morgan fingerprint density at radius 1 is 1.00 bits per heavy atom. The van der Waals surface area contributed by atoms with Crippen LogP contribution in [0.1, 0.15) is 65.7 Å². The van der Waals surface area contributed by atoms with Gasteiger partial charge in [-0.2, -0.15) is 0 Å². The van der Waals surface area contributed by atoms with Gasteiger partial charge in [0.15, 0.2) is 6.10 Å². The summed E-state index contributed by atoms with van der Waals surface area (Å²) >= 11 is 0. The van der Waals surface area contributed by atoms with Crippen LogP contribution in [0.15, 0.2) is 0 Å². The Morgan fingerprint density at radius 2 is 1.61 bits per heavy atom. The minimum atomic E-state index is -0.748. The van der Waals surface area contributed by atoms with E-state index < -0.39 is 18.0 Å². The standard InChI is InChI=1S/C14H26O4/c1-4-6-7-8-9-10-11-17-14(16)13(5-2)18-12(3)15/h13H,4-11H2,1-3H3/t13-/m0/s1. The van der Waals surface area contributed by atoms with Crippen LogP contribution in [0.3, 0.4) is 0 Å². The fourth-order valence-corrected chi connectivity index (χ4v) is 1.65. The van der Waals surface area contributed by atoms with Gasteiger partial charge in [-0.15, -0.1) is 0 Å². The molecule has 106 valence electrons. The molecule has 0 spiro atoms. The molecule has 0 unspecified atom stereocenters. The summed E-state index contributed by atoms with van der Waals surface area (Å²) in [6, 6.07) is 0. The van der Waals surface area contributed by atoms with E-state index in [9.17, 15) is 9.59 Å². The molecule has 0 aromatic heterocycles. The summed E-state index contributed by atoms with van der Waals surface area (Å²) in [5.41, 5.74) is 0. The number of unbranched alkanes of at least 4 members (excludes halogenated alkanes) is 5. The normalized spacial score (nSPS) is 11.9. The van der Waals surface area contributed by atoms with Crippen molar-refractivity contribution in [3.05, 3.63) is 0 Å².